The molecule has 1 aromatic heterocycles. The third kappa shape index (κ3) is 7.29. The Morgan fingerprint density at radius 2 is 2.00 bits per heavy atom. The van der Waals surface area contributed by atoms with E-state index in [1.807, 2.05) is 25.3 Å². The Bertz CT molecular complexity index is 1470. The van der Waals surface area contributed by atoms with Crippen LogP contribution in [0.1, 0.15) is 81.8 Å². The number of aromatic nitrogens is 1. The van der Waals surface area contributed by atoms with E-state index in [1.54, 1.807) is 19.1 Å². The van der Waals surface area contributed by atoms with Crippen LogP contribution in [0.4, 0.5) is 5.69 Å². The summed E-state index contributed by atoms with van der Waals surface area (Å²) in [5.41, 5.74) is 0.809. The summed E-state index contributed by atoms with van der Waals surface area (Å²) in [7, 11) is 2.88. The summed E-state index contributed by atoms with van der Waals surface area (Å²) in [6.07, 6.45) is 10.6. The molecule has 1 amide bonds. The van der Waals surface area contributed by atoms with Crippen LogP contribution in [0.25, 0.3) is 10.6 Å². The SMILES string of the molecule is CCCC/C(C)=C/C=C(\C)C(=O)c1c(O)cc(C(C)CC/C=C/C(=O)Nc2c3sscc-3[nH]c2=O)oc1=O. The fourth-order valence-corrected chi connectivity index (χ4v) is 5.92. The largest absolute Gasteiger partial charge is 0.507 e. The average molecular weight is 557 g/mol. The Morgan fingerprint density at radius 3 is 2.71 bits per heavy atom. The molecule has 0 saturated heterocycles. The first-order valence-corrected chi connectivity index (χ1v) is 14.7. The Balaban J connectivity index is 1.59. The number of aromatic hydroxyl groups is 1. The number of allylic oxidation sites excluding steroid dienone is 5. The van der Waals surface area contributed by atoms with Crippen molar-refractivity contribution in [1.82, 2.24) is 4.98 Å². The second-order valence-electron chi connectivity index (χ2n) is 9.23. The number of ketones is 1. The maximum atomic E-state index is 12.8. The van der Waals surface area contributed by atoms with Gasteiger partial charge in [0.15, 0.2) is 5.78 Å². The molecule has 202 valence electrons. The molecule has 0 bridgehead atoms. The molecule has 0 fully saturated rings. The Morgan fingerprint density at radius 1 is 1.24 bits per heavy atom. The number of unbranched alkanes of at least 4 members (excludes halogenated alkanes) is 1. The van der Waals surface area contributed by atoms with E-state index in [0.717, 1.165) is 29.7 Å². The van der Waals surface area contributed by atoms with E-state index in [2.05, 4.69) is 17.2 Å². The number of carbonyl (C=O) groups is 2. The molecule has 0 spiro atoms. The topological polar surface area (TPSA) is 129 Å². The third-order valence-electron chi connectivity index (χ3n) is 6.09. The lowest BCUT2D eigenvalue weighted by Crippen LogP contribution is -2.16. The quantitative estimate of drug-likeness (QED) is 0.0997. The molecule has 0 aliphatic carbocycles. The summed E-state index contributed by atoms with van der Waals surface area (Å²) in [5.74, 6) is -1.41. The van der Waals surface area contributed by atoms with Crippen molar-refractivity contribution in [2.45, 2.75) is 65.7 Å². The minimum atomic E-state index is -0.882. The fourth-order valence-electron chi connectivity index (χ4n) is 3.76. The Labute approximate surface area is 228 Å². The number of hydrogen-bond donors (Lipinski definition) is 3. The van der Waals surface area contributed by atoms with Gasteiger partial charge in [-0.15, -0.1) is 0 Å². The summed E-state index contributed by atoms with van der Waals surface area (Å²) in [5, 5.41) is 14.9. The Kier molecular flexibility index (Phi) is 10.2. The van der Waals surface area contributed by atoms with Gasteiger partial charge in [0.1, 0.15) is 22.8 Å². The minimum Gasteiger partial charge on any atom is -0.507 e. The number of anilines is 1. The highest BCUT2D eigenvalue weighted by molar-refractivity contribution is 7.70. The van der Waals surface area contributed by atoms with E-state index < -0.39 is 23.1 Å². The second-order valence-corrected chi connectivity index (χ2v) is 11.3. The first kappa shape index (κ1) is 29.1. The number of H-pyrrole nitrogens is 1. The van der Waals surface area contributed by atoms with Crippen molar-refractivity contribution in [3.8, 4) is 16.3 Å². The third-order valence-corrected chi connectivity index (χ3v) is 8.19. The van der Waals surface area contributed by atoms with Crippen LogP contribution < -0.4 is 16.5 Å². The normalized spacial score (nSPS) is 13.4. The molecule has 38 heavy (non-hydrogen) atoms. The van der Waals surface area contributed by atoms with Crippen LogP contribution in [0.5, 0.6) is 5.75 Å². The zero-order valence-electron chi connectivity index (χ0n) is 21.9. The summed E-state index contributed by atoms with van der Waals surface area (Å²) in [4.78, 5) is 53.0. The molecule has 8 nitrogen and oxygen atoms in total. The standard InChI is InChI=1S/C28H32N2O6S2/c1-5-6-9-16(2)12-13-18(4)25(33)23-20(31)14-21(36-28(23)35)17(3)10-7-8-11-22(32)30-24-26-19(15-37-38-26)29-27(24)34/h8,11-15,17,31H,5-7,9-10H2,1-4H3,(H,29,34)(H,30,32)/b11-8+,16-12+,18-13+. The van der Waals surface area contributed by atoms with Crippen molar-refractivity contribution >= 4 is 38.1 Å². The molecule has 1 atom stereocenters. The molecule has 10 heteroatoms. The van der Waals surface area contributed by atoms with Crippen LogP contribution in [0.15, 0.2) is 60.9 Å². The molecule has 3 rings (SSSR count). The molecule has 3 heterocycles. The molecule has 0 aromatic carbocycles. The number of nitrogens with one attached hydrogen (secondary N) is 2. The summed E-state index contributed by atoms with van der Waals surface area (Å²) in [6.45, 7) is 7.51. The van der Waals surface area contributed by atoms with E-state index in [4.69, 9.17) is 4.42 Å². The van der Waals surface area contributed by atoms with E-state index in [1.165, 1.54) is 32.8 Å². The van der Waals surface area contributed by atoms with Gasteiger partial charge in [-0.05, 0) is 51.2 Å². The lowest BCUT2D eigenvalue weighted by Gasteiger charge is -2.11. The summed E-state index contributed by atoms with van der Waals surface area (Å²) >= 11 is 0. The first-order valence-electron chi connectivity index (χ1n) is 12.4. The summed E-state index contributed by atoms with van der Waals surface area (Å²) in [6, 6.07) is 1.31. The zero-order valence-corrected chi connectivity index (χ0v) is 23.5. The van der Waals surface area contributed by atoms with Crippen LogP contribution in [-0.4, -0.2) is 21.8 Å². The molecule has 1 unspecified atom stereocenters. The van der Waals surface area contributed by atoms with Crippen molar-refractivity contribution < 1.29 is 19.1 Å². The van der Waals surface area contributed by atoms with Crippen molar-refractivity contribution in [2.75, 3.05) is 5.32 Å². The highest BCUT2D eigenvalue weighted by Crippen LogP contribution is 2.35. The molecule has 0 radical (unpaired) electrons. The van der Waals surface area contributed by atoms with E-state index >= 15 is 0 Å². The predicted molar refractivity (Wildman–Crippen MR) is 153 cm³/mol. The number of amides is 1. The molecule has 0 saturated carbocycles. The highest BCUT2D eigenvalue weighted by Gasteiger charge is 2.22. The van der Waals surface area contributed by atoms with Crippen molar-refractivity contribution in [3.05, 3.63) is 79.0 Å². The predicted octanol–water partition coefficient (Wildman–Crippen LogP) is 6.61. The lowest BCUT2D eigenvalue weighted by molar-refractivity contribution is -0.111. The van der Waals surface area contributed by atoms with Gasteiger partial charge in [0.05, 0.1) is 10.6 Å². The minimum absolute atomic E-state index is 0.244. The van der Waals surface area contributed by atoms with Crippen LogP contribution in [0.3, 0.4) is 0 Å². The van der Waals surface area contributed by atoms with Gasteiger partial charge in [0, 0.05) is 17.4 Å². The number of aromatic amines is 1. The van der Waals surface area contributed by atoms with Gasteiger partial charge in [-0.2, -0.15) is 0 Å². The van der Waals surface area contributed by atoms with Gasteiger partial charge in [0.25, 0.3) is 5.56 Å². The highest BCUT2D eigenvalue weighted by atomic mass is 32.9. The average Bonchev–Trinajstić information content (AvgIpc) is 3.44. The molecule has 3 N–H and O–H groups in total. The lowest BCUT2D eigenvalue weighted by atomic mass is 9.99. The second kappa shape index (κ2) is 13.3. The summed E-state index contributed by atoms with van der Waals surface area (Å²) < 4.78 is 5.38. The van der Waals surface area contributed by atoms with Crippen LogP contribution in [0.2, 0.25) is 0 Å². The van der Waals surface area contributed by atoms with Gasteiger partial charge in [-0.1, -0.05) is 64.8 Å². The monoisotopic (exact) mass is 556 g/mol. The van der Waals surface area contributed by atoms with Gasteiger partial charge in [0.2, 0.25) is 5.91 Å². The molecule has 2 aliphatic heterocycles. The first-order chi connectivity index (χ1) is 18.1. The van der Waals surface area contributed by atoms with Crippen molar-refractivity contribution in [2.24, 2.45) is 0 Å². The number of rotatable bonds is 12. The molecular weight excluding hydrogens is 524 g/mol. The Hall–Kier alpha value is -3.50. The van der Waals surface area contributed by atoms with E-state index in [-0.39, 0.29) is 28.5 Å². The molecule has 2 aliphatic rings. The number of carbonyl (C=O) groups excluding carboxylic acids is 2. The van der Waals surface area contributed by atoms with Crippen LogP contribution in [0, 0.1) is 0 Å². The van der Waals surface area contributed by atoms with E-state index in [0.29, 0.717) is 24.1 Å². The maximum absolute atomic E-state index is 12.8. The number of fused-ring (bicyclic) bond motifs is 1. The molecule has 1 aromatic rings. The van der Waals surface area contributed by atoms with E-state index in [9.17, 15) is 24.3 Å². The van der Waals surface area contributed by atoms with Gasteiger partial charge >= 0.3 is 5.63 Å². The van der Waals surface area contributed by atoms with Crippen LogP contribution >= 0.6 is 20.7 Å². The van der Waals surface area contributed by atoms with Gasteiger partial charge < -0.3 is 19.8 Å². The molecular formula is C28H32N2O6S2. The van der Waals surface area contributed by atoms with Crippen molar-refractivity contribution in [3.63, 3.8) is 0 Å². The van der Waals surface area contributed by atoms with Gasteiger partial charge in [-0.3, -0.25) is 14.4 Å². The van der Waals surface area contributed by atoms with Crippen LogP contribution in [-0.2, 0) is 4.79 Å². The smallest absolute Gasteiger partial charge is 0.351 e. The zero-order chi connectivity index (χ0) is 27.8. The van der Waals surface area contributed by atoms with Crippen molar-refractivity contribution in [1.29, 1.82) is 0 Å². The number of Topliss-reactive ketones (excluding diaryl/α,β-unsaturated/α-hetero) is 1. The fraction of sp³-hybridized carbons (Fsp3) is 0.357. The van der Waals surface area contributed by atoms with Gasteiger partial charge in [-0.25, -0.2) is 4.79 Å². The number of hydrogen-bond acceptors (Lipinski definition) is 8. The maximum Gasteiger partial charge on any atom is 0.351 e.